The van der Waals surface area contributed by atoms with Crippen LogP contribution in [0.4, 0.5) is 20.2 Å². The van der Waals surface area contributed by atoms with E-state index in [1.54, 1.807) is 13.8 Å². The molecule has 0 aromatic heterocycles. The number of aliphatic hydroxyl groups excluding tert-OH is 2. The zero-order valence-electron chi connectivity index (χ0n) is 19.6. The number of aliphatic imine (C=N–C) groups is 1. The lowest BCUT2D eigenvalue weighted by Crippen LogP contribution is -2.45. The minimum Gasteiger partial charge on any atom is -0.390 e. The fraction of sp³-hybridized carbons (Fsp3) is 0.435. The van der Waals surface area contributed by atoms with Gasteiger partial charge in [-0.25, -0.2) is 13.8 Å². The van der Waals surface area contributed by atoms with Gasteiger partial charge in [0.2, 0.25) is 0 Å². The van der Waals surface area contributed by atoms with Gasteiger partial charge in [-0.1, -0.05) is 13.8 Å². The molecule has 13 heteroatoms. The third-order valence-electron chi connectivity index (χ3n) is 6.40. The number of benzene rings is 2. The van der Waals surface area contributed by atoms with Gasteiger partial charge >= 0.3 is 0 Å². The maximum atomic E-state index is 14.8. The number of thiocarbonyl (C=S) groups is 1. The van der Waals surface area contributed by atoms with Crippen molar-refractivity contribution in [3.63, 3.8) is 0 Å². The molecule has 0 saturated carbocycles. The number of hydrogen-bond donors (Lipinski definition) is 3. The average Bonchev–Trinajstić information content (AvgIpc) is 2.83. The first-order valence-corrected chi connectivity index (χ1v) is 11.4. The summed E-state index contributed by atoms with van der Waals surface area (Å²) >= 11 is 4.70. The quantitative estimate of drug-likeness (QED) is 0.160. The number of hydrogen-bond acceptors (Lipinski definition) is 9. The van der Waals surface area contributed by atoms with Gasteiger partial charge in [0.1, 0.15) is 17.2 Å². The number of nitrogens with two attached hydrogens (primary N) is 1. The van der Waals surface area contributed by atoms with E-state index < -0.39 is 69.0 Å². The zero-order chi connectivity index (χ0) is 27.3. The highest BCUT2D eigenvalue weighted by Gasteiger charge is 2.40. The largest absolute Gasteiger partial charge is 0.390 e. The van der Waals surface area contributed by atoms with Gasteiger partial charge in [0.25, 0.3) is 11.4 Å². The van der Waals surface area contributed by atoms with Crippen molar-refractivity contribution in [3.8, 4) is 0 Å². The molecule has 0 aliphatic rings. The van der Waals surface area contributed by atoms with Gasteiger partial charge in [-0.2, -0.15) is 0 Å². The molecule has 36 heavy (non-hydrogen) atoms. The van der Waals surface area contributed by atoms with Crippen molar-refractivity contribution >= 4 is 28.8 Å². The lowest BCUT2D eigenvalue weighted by atomic mass is 9.77. The Hall–Kier alpha value is -3.22. The van der Waals surface area contributed by atoms with E-state index in [9.17, 15) is 39.2 Å². The second kappa shape index (κ2) is 11.7. The molecule has 0 fully saturated rings. The Morgan fingerprint density at radius 2 is 1.44 bits per heavy atom. The number of halogens is 2. The third kappa shape index (κ3) is 6.12. The number of aliphatic hydroxyl groups is 2. The van der Waals surface area contributed by atoms with Gasteiger partial charge in [-0.15, -0.1) is 0 Å². The van der Waals surface area contributed by atoms with Crippen LogP contribution in [0.3, 0.4) is 0 Å². The first kappa shape index (κ1) is 29.0. The molecule has 2 aromatic rings. The summed E-state index contributed by atoms with van der Waals surface area (Å²) in [6, 6.07) is 5.70. The zero-order valence-corrected chi connectivity index (χ0v) is 20.4. The molecule has 0 spiro atoms. The Kier molecular flexibility index (Phi) is 9.41. The second-order valence-corrected chi connectivity index (χ2v) is 8.67. The van der Waals surface area contributed by atoms with Crippen molar-refractivity contribution in [1.82, 2.24) is 0 Å². The van der Waals surface area contributed by atoms with E-state index in [-0.39, 0.29) is 24.0 Å². The monoisotopic (exact) mass is 524 g/mol. The number of nitro benzene ring substituents is 2. The van der Waals surface area contributed by atoms with Crippen molar-refractivity contribution < 1.29 is 28.8 Å². The van der Waals surface area contributed by atoms with Crippen molar-refractivity contribution in [2.24, 2.45) is 10.7 Å². The highest BCUT2D eigenvalue weighted by Crippen LogP contribution is 2.40. The molecule has 194 valence electrons. The number of isothiocyanates is 1. The Balaban J connectivity index is 2.44. The minimum atomic E-state index is -1.62. The van der Waals surface area contributed by atoms with Crippen LogP contribution in [0.2, 0.25) is 0 Å². The highest BCUT2D eigenvalue weighted by molar-refractivity contribution is 7.78. The molecule has 0 heterocycles. The van der Waals surface area contributed by atoms with Gasteiger partial charge in [0, 0.05) is 47.4 Å². The standard InChI is InChI=1S/C23H26F2N4O6S/c1-3-22(26,16-9-14(28(32)33)5-7-18(16)24)11-20(30)21(31)12-23(4-2,27-13-36)17-10-15(29(34)35)6-8-19(17)25/h5-10,20-21,30-31H,3-4,11-12,26H2,1-2H3/t20?,21-,22?,23-/m0/s1. The second-order valence-electron chi connectivity index (χ2n) is 8.48. The van der Waals surface area contributed by atoms with E-state index in [1.165, 1.54) is 0 Å². The van der Waals surface area contributed by atoms with Gasteiger partial charge in [0.15, 0.2) is 0 Å². The van der Waals surface area contributed by atoms with E-state index in [4.69, 9.17) is 18.0 Å². The Labute approximate surface area is 210 Å². The summed E-state index contributed by atoms with van der Waals surface area (Å²) in [6.07, 6.45) is -4.00. The molecular weight excluding hydrogens is 498 g/mol. The van der Waals surface area contributed by atoms with Crippen molar-refractivity contribution in [2.75, 3.05) is 0 Å². The Bertz CT molecular complexity index is 1200. The van der Waals surface area contributed by atoms with Crippen LogP contribution in [-0.4, -0.2) is 37.4 Å². The lowest BCUT2D eigenvalue weighted by Gasteiger charge is -2.36. The van der Waals surface area contributed by atoms with Crippen LogP contribution in [0.5, 0.6) is 0 Å². The summed E-state index contributed by atoms with van der Waals surface area (Å²) in [5.41, 5.74) is 1.89. The maximum absolute atomic E-state index is 14.8. The van der Waals surface area contributed by atoms with E-state index in [1.807, 2.05) is 0 Å². The summed E-state index contributed by atoms with van der Waals surface area (Å²) in [4.78, 5) is 25.0. The molecule has 0 amide bonds. The van der Waals surface area contributed by atoms with Crippen LogP contribution in [0, 0.1) is 31.9 Å². The molecule has 0 radical (unpaired) electrons. The molecule has 2 unspecified atom stereocenters. The number of nitrogens with zero attached hydrogens (tertiary/aromatic N) is 3. The fourth-order valence-corrected chi connectivity index (χ4v) is 4.32. The number of nitro groups is 2. The first-order chi connectivity index (χ1) is 16.8. The molecule has 0 saturated heterocycles. The molecule has 0 bridgehead atoms. The van der Waals surface area contributed by atoms with Crippen molar-refractivity contribution in [1.29, 1.82) is 0 Å². The predicted molar refractivity (Wildman–Crippen MR) is 131 cm³/mol. The number of non-ortho nitro benzene ring substituents is 2. The molecule has 4 atom stereocenters. The lowest BCUT2D eigenvalue weighted by molar-refractivity contribution is -0.385. The summed E-state index contributed by atoms with van der Waals surface area (Å²) in [5.74, 6) is -1.66. The van der Waals surface area contributed by atoms with Crippen molar-refractivity contribution in [2.45, 2.75) is 62.8 Å². The summed E-state index contributed by atoms with van der Waals surface area (Å²) < 4.78 is 29.4. The van der Waals surface area contributed by atoms with Gasteiger partial charge in [-0.3, -0.25) is 20.2 Å². The van der Waals surface area contributed by atoms with Crippen LogP contribution in [0.25, 0.3) is 0 Å². The third-order valence-corrected chi connectivity index (χ3v) is 6.49. The van der Waals surface area contributed by atoms with Gasteiger partial charge in [0.05, 0.1) is 27.2 Å². The topological polar surface area (TPSA) is 165 Å². The molecule has 10 nitrogen and oxygen atoms in total. The molecule has 2 aromatic carbocycles. The molecule has 2 rings (SSSR count). The van der Waals surface area contributed by atoms with Gasteiger partial charge < -0.3 is 15.9 Å². The molecule has 0 aliphatic heterocycles. The Morgan fingerprint density at radius 1 is 0.972 bits per heavy atom. The maximum Gasteiger partial charge on any atom is 0.270 e. The molecular formula is C23H26F2N4O6S. The van der Waals surface area contributed by atoms with Crippen LogP contribution >= 0.6 is 12.2 Å². The van der Waals surface area contributed by atoms with Crippen LogP contribution in [0.15, 0.2) is 41.4 Å². The van der Waals surface area contributed by atoms with E-state index in [0.717, 1.165) is 36.4 Å². The van der Waals surface area contributed by atoms with Crippen LogP contribution < -0.4 is 5.73 Å². The fourth-order valence-electron chi connectivity index (χ4n) is 4.14. The summed E-state index contributed by atoms with van der Waals surface area (Å²) in [6.45, 7) is 3.17. The number of rotatable bonds is 12. The predicted octanol–water partition coefficient (Wildman–Crippen LogP) is 4.26. The van der Waals surface area contributed by atoms with E-state index in [2.05, 4.69) is 10.2 Å². The summed E-state index contributed by atoms with van der Waals surface area (Å²) in [5, 5.41) is 46.2. The average molecular weight is 525 g/mol. The SMILES string of the molecule is CCC(N)(CC(O)[C@@H](O)C[C@](CC)(N=C=S)c1cc([N+](=O)[O-])ccc1F)c1cc([N+](=O)[O-])ccc1F. The van der Waals surface area contributed by atoms with E-state index >= 15 is 0 Å². The highest BCUT2D eigenvalue weighted by atomic mass is 32.1. The molecule has 4 N–H and O–H groups in total. The molecule has 0 aliphatic carbocycles. The normalized spacial score (nSPS) is 16.2. The first-order valence-electron chi connectivity index (χ1n) is 11.0. The Morgan fingerprint density at radius 3 is 1.89 bits per heavy atom. The summed E-state index contributed by atoms with van der Waals surface area (Å²) in [7, 11) is 0. The van der Waals surface area contributed by atoms with Crippen LogP contribution in [-0.2, 0) is 11.1 Å². The van der Waals surface area contributed by atoms with Crippen LogP contribution in [0.1, 0.15) is 50.7 Å². The van der Waals surface area contributed by atoms with Gasteiger partial charge in [-0.05, 0) is 43.6 Å². The smallest absolute Gasteiger partial charge is 0.270 e. The van der Waals surface area contributed by atoms with Crippen molar-refractivity contribution in [3.05, 3.63) is 79.4 Å². The minimum absolute atomic E-state index is 0.0273. The van der Waals surface area contributed by atoms with E-state index in [0.29, 0.717) is 0 Å².